The lowest BCUT2D eigenvalue weighted by molar-refractivity contribution is -0.134. The molecule has 0 aliphatic heterocycles. The molecule has 1 aromatic carbocycles. The minimum atomic E-state index is -0.530. The molecule has 0 fully saturated rings. The molecule has 4 nitrogen and oxygen atoms in total. The summed E-state index contributed by atoms with van der Waals surface area (Å²) >= 11 is 1.73. The van der Waals surface area contributed by atoms with Gasteiger partial charge >= 0.3 is 5.97 Å². The molecule has 1 N–H and O–H groups in total. The Morgan fingerprint density at radius 1 is 1.12 bits per heavy atom. The first-order valence-electron chi connectivity index (χ1n) is 11.3. The third kappa shape index (κ3) is 5.81. The van der Waals surface area contributed by atoms with Crippen molar-refractivity contribution in [3.63, 3.8) is 0 Å². The molecular formula is C27H38O4S. The van der Waals surface area contributed by atoms with Crippen LogP contribution in [-0.4, -0.2) is 30.9 Å². The molecule has 1 heterocycles. The van der Waals surface area contributed by atoms with Crippen molar-refractivity contribution in [3.8, 4) is 5.75 Å². The van der Waals surface area contributed by atoms with E-state index in [2.05, 4.69) is 45.9 Å². The van der Waals surface area contributed by atoms with Gasteiger partial charge in [0.2, 0.25) is 0 Å². The number of rotatable bonds is 9. The summed E-state index contributed by atoms with van der Waals surface area (Å²) in [4.78, 5) is 13.9. The number of carbonyl (C=O) groups is 1. The lowest BCUT2D eigenvalue weighted by Crippen LogP contribution is -2.32. The highest BCUT2D eigenvalue weighted by Crippen LogP contribution is 2.44. The molecule has 2 aromatic rings. The second-order valence-corrected chi connectivity index (χ2v) is 10.6. The number of benzene rings is 1. The SMILES string of the molecule is CCC(CC)(c1ccc(OCC(O)C(C)(C)C)c(C)c1)c1cc(C)c(/C=C/C(=O)OC)s1. The van der Waals surface area contributed by atoms with E-state index in [0.29, 0.717) is 0 Å². The Kier molecular flexibility index (Phi) is 8.72. The minimum Gasteiger partial charge on any atom is -0.491 e. The zero-order chi connectivity index (χ0) is 24.1. The molecule has 0 aliphatic rings. The molecule has 1 atom stereocenters. The number of ether oxygens (including phenoxy) is 2. The lowest BCUT2D eigenvalue weighted by atomic mass is 9.74. The van der Waals surface area contributed by atoms with Crippen LogP contribution in [0.3, 0.4) is 0 Å². The van der Waals surface area contributed by atoms with Crippen LogP contribution < -0.4 is 4.74 Å². The van der Waals surface area contributed by atoms with Crippen LogP contribution in [0, 0.1) is 19.3 Å². The van der Waals surface area contributed by atoms with E-state index in [4.69, 9.17) is 9.47 Å². The molecule has 5 heteroatoms. The summed E-state index contributed by atoms with van der Waals surface area (Å²) in [6.45, 7) is 14.9. The zero-order valence-electron chi connectivity index (χ0n) is 20.7. The second-order valence-electron chi connectivity index (χ2n) is 9.48. The van der Waals surface area contributed by atoms with Gasteiger partial charge in [-0.3, -0.25) is 0 Å². The highest BCUT2D eigenvalue weighted by Gasteiger charge is 2.33. The summed E-state index contributed by atoms with van der Waals surface area (Å²) in [6.07, 6.45) is 4.72. The average Bonchev–Trinajstić information content (AvgIpc) is 3.12. The van der Waals surface area contributed by atoms with Gasteiger partial charge in [-0.1, -0.05) is 46.8 Å². The monoisotopic (exact) mass is 458 g/mol. The molecule has 1 unspecified atom stereocenters. The number of carbonyl (C=O) groups excluding carboxylic acids is 1. The van der Waals surface area contributed by atoms with E-state index in [1.807, 2.05) is 32.9 Å². The largest absolute Gasteiger partial charge is 0.491 e. The molecule has 0 spiro atoms. The molecule has 0 bridgehead atoms. The Balaban J connectivity index is 2.37. The molecule has 0 saturated carbocycles. The van der Waals surface area contributed by atoms with E-state index in [9.17, 15) is 9.90 Å². The van der Waals surface area contributed by atoms with Gasteiger partial charge in [-0.05, 0) is 67.0 Å². The number of thiophene rings is 1. The van der Waals surface area contributed by atoms with E-state index in [1.165, 1.54) is 23.6 Å². The summed E-state index contributed by atoms with van der Waals surface area (Å²) in [7, 11) is 1.39. The zero-order valence-corrected chi connectivity index (χ0v) is 21.6. The Hall–Kier alpha value is -2.11. The van der Waals surface area contributed by atoms with Crippen molar-refractivity contribution in [1.82, 2.24) is 0 Å². The third-order valence-corrected chi connectivity index (χ3v) is 7.74. The maximum Gasteiger partial charge on any atom is 0.330 e. The Labute approximate surface area is 197 Å². The molecule has 1 aromatic heterocycles. The normalized spacial score (nSPS) is 13.4. The fourth-order valence-electron chi connectivity index (χ4n) is 3.79. The highest BCUT2D eigenvalue weighted by molar-refractivity contribution is 7.13. The van der Waals surface area contributed by atoms with Gasteiger partial charge < -0.3 is 14.6 Å². The molecule has 2 rings (SSSR count). The van der Waals surface area contributed by atoms with Gasteiger partial charge in [-0.2, -0.15) is 0 Å². The van der Waals surface area contributed by atoms with Gasteiger partial charge in [0.15, 0.2) is 0 Å². The van der Waals surface area contributed by atoms with Gasteiger partial charge in [-0.15, -0.1) is 11.3 Å². The van der Waals surface area contributed by atoms with Gasteiger partial charge in [0, 0.05) is 21.2 Å². The second kappa shape index (κ2) is 10.7. The van der Waals surface area contributed by atoms with Crippen molar-refractivity contribution in [3.05, 3.63) is 56.8 Å². The van der Waals surface area contributed by atoms with Crippen molar-refractivity contribution in [2.24, 2.45) is 5.41 Å². The first-order valence-corrected chi connectivity index (χ1v) is 12.1. The number of aryl methyl sites for hydroxylation is 2. The minimum absolute atomic E-state index is 0.110. The van der Waals surface area contributed by atoms with Crippen LogP contribution in [0.2, 0.25) is 0 Å². The smallest absolute Gasteiger partial charge is 0.330 e. The predicted octanol–water partition coefficient (Wildman–Crippen LogP) is 6.44. The summed E-state index contributed by atoms with van der Waals surface area (Å²) in [5.74, 6) is 0.460. The van der Waals surface area contributed by atoms with Gasteiger partial charge in [0.05, 0.1) is 13.2 Å². The van der Waals surface area contributed by atoms with E-state index >= 15 is 0 Å². The predicted molar refractivity (Wildman–Crippen MR) is 134 cm³/mol. The highest BCUT2D eigenvalue weighted by atomic mass is 32.1. The van der Waals surface area contributed by atoms with Crippen molar-refractivity contribution in [2.45, 2.75) is 72.8 Å². The third-order valence-electron chi connectivity index (χ3n) is 6.33. The first-order chi connectivity index (χ1) is 15.0. The fraction of sp³-hybridized carbons (Fsp3) is 0.519. The summed E-state index contributed by atoms with van der Waals surface area (Å²) in [6, 6.07) is 8.63. The summed E-state index contributed by atoms with van der Waals surface area (Å²) in [5, 5.41) is 10.3. The van der Waals surface area contributed by atoms with E-state index < -0.39 is 6.10 Å². The standard InChI is InChI=1S/C27H38O4S/c1-9-27(10-2,24-16-19(4)22(32-24)13-14-25(29)30-8)20-11-12-21(18(3)15-20)31-17-23(28)26(5,6)7/h11-16,23,28H,9-10,17H2,1-8H3/b14-13+. The van der Waals surface area contributed by atoms with E-state index in [0.717, 1.165) is 34.6 Å². The van der Waals surface area contributed by atoms with Crippen LogP contribution in [0.1, 0.15) is 73.9 Å². The Morgan fingerprint density at radius 2 is 1.78 bits per heavy atom. The van der Waals surface area contributed by atoms with Crippen molar-refractivity contribution in [2.75, 3.05) is 13.7 Å². The van der Waals surface area contributed by atoms with Gasteiger partial charge in [-0.25, -0.2) is 4.79 Å². The van der Waals surface area contributed by atoms with E-state index in [-0.39, 0.29) is 23.4 Å². The number of esters is 1. The van der Waals surface area contributed by atoms with Crippen molar-refractivity contribution >= 4 is 23.4 Å². The van der Waals surface area contributed by atoms with Crippen molar-refractivity contribution in [1.29, 1.82) is 0 Å². The molecule has 0 radical (unpaired) electrons. The molecule has 176 valence electrons. The molecule has 0 saturated heterocycles. The van der Waals surface area contributed by atoms with Crippen LogP contribution in [0.15, 0.2) is 30.3 Å². The van der Waals surface area contributed by atoms with Crippen LogP contribution in [0.25, 0.3) is 6.08 Å². The van der Waals surface area contributed by atoms with Crippen LogP contribution >= 0.6 is 11.3 Å². The molecular weight excluding hydrogens is 420 g/mol. The molecule has 0 aliphatic carbocycles. The number of methoxy groups -OCH3 is 1. The van der Waals surface area contributed by atoms with Crippen LogP contribution in [0.4, 0.5) is 0 Å². The number of aliphatic hydroxyl groups excluding tert-OH is 1. The summed E-state index contributed by atoms with van der Waals surface area (Å²) < 4.78 is 10.7. The first kappa shape index (κ1) is 26.1. The summed E-state index contributed by atoms with van der Waals surface area (Å²) in [5.41, 5.74) is 3.15. The lowest BCUT2D eigenvalue weighted by Gasteiger charge is -2.32. The maximum atomic E-state index is 11.5. The Morgan fingerprint density at radius 3 is 2.31 bits per heavy atom. The molecule has 32 heavy (non-hydrogen) atoms. The van der Waals surface area contributed by atoms with Crippen LogP contribution in [0.5, 0.6) is 5.75 Å². The quantitative estimate of drug-likeness (QED) is 0.347. The number of hydrogen-bond donors (Lipinski definition) is 1. The maximum absolute atomic E-state index is 11.5. The number of aliphatic hydroxyl groups is 1. The number of hydrogen-bond acceptors (Lipinski definition) is 5. The average molecular weight is 459 g/mol. The van der Waals surface area contributed by atoms with Crippen LogP contribution in [-0.2, 0) is 14.9 Å². The topological polar surface area (TPSA) is 55.8 Å². The Bertz CT molecular complexity index is 945. The van der Waals surface area contributed by atoms with Gasteiger partial charge in [0.25, 0.3) is 0 Å². The van der Waals surface area contributed by atoms with Gasteiger partial charge in [0.1, 0.15) is 12.4 Å². The van der Waals surface area contributed by atoms with E-state index in [1.54, 1.807) is 11.3 Å². The fourth-order valence-corrected chi connectivity index (χ4v) is 5.22. The molecule has 0 amide bonds. The van der Waals surface area contributed by atoms with Crippen molar-refractivity contribution < 1.29 is 19.4 Å².